The Kier molecular flexibility index (Phi) is 5.05. The number of ether oxygens (including phenoxy) is 1. The van der Waals surface area contributed by atoms with Gasteiger partial charge in [-0.2, -0.15) is 0 Å². The van der Waals surface area contributed by atoms with Crippen LogP contribution in [0.25, 0.3) is 0 Å². The molecular weight excluding hydrogens is 328 g/mol. The summed E-state index contributed by atoms with van der Waals surface area (Å²) in [5.41, 5.74) is -0.393. The second-order valence-corrected chi connectivity index (χ2v) is 8.75. The maximum Gasteiger partial charge on any atom is 0.218 e. The zero-order valence-electron chi connectivity index (χ0n) is 14.8. The molecule has 0 saturated carbocycles. The normalized spacial score (nSPS) is 11.5. The van der Waals surface area contributed by atoms with Gasteiger partial charge < -0.3 is 9.84 Å². The molecule has 0 aromatic heterocycles. The highest BCUT2D eigenvalue weighted by molar-refractivity contribution is 7.97. The standard InChI is InChI=1S/C22H22O2S/c1-22(2,3)24-21-19(23)15-10-16-20(21)25(17-11-6-4-7-12-17)18-13-8-5-9-14-18/h4-16H,1-3H3/p+1. The molecule has 3 rings (SSSR count). The SMILES string of the molecule is CC(C)(C)Oc1c(O)cccc1[S+](c1ccccc1)c1ccccc1. The molecule has 1 N–H and O–H groups in total. The number of hydrogen-bond acceptors (Lipinski definition) is 2. The molecule has 0 saturated heterocycles. The van der Waals surface area contributed by atoms with Crippen molar-refractivity contribution in [2.75, 3.05) is 0 Å². The zero-order valence-corrected chi connectivity index (χ0v) is 15.6. The predicted octanol–water partition coefficient (Wildman–Crippen LogP) is 5.66. The first-order chi connectivity index (χ1) is 12.0. The van der Waals surface area contributed by atoms with Crippen LogP contribution in [-0.2, 0) is 10.9 Å². The molecule has 0 radical (unpaired) electrons. The Morgan fingerprint density at radius 1 is 0.720 bits per heavy atom. The summed E-state index contributed by atoms with van der Waals surface area (Å²) in [6.45, 7) is 5.98. The second-order valence-electron chi connectivity index (χ2n) is 6.75. The molecule has 25 heavy (non-hydrogen) atoms. The van der Waals surface area contributed by atoms with E-state index < -0.39 is 5.60 Å². The molecule has 2 nitrogen and oxygen atoms in total. The van der Waals surface area contributed by atoms with Gasteiger partial charge in [0.05, 0.1) is 0 Å². The number of phenolic OH excluding ortho intramolecular Hbond substituents is 1. The van der Waals surface area contributed by atoms with Crippen molar-refractivity contribution in [3.63, 3.8) is 0 Å². The summed E-state index contributed by atoms with van der Waals surface area (Å²) < 4.78 is 6.14. The van der Waals surface area contributed by atoms with Crippen molar-refractivity contribution in [3.8, 4) is 11.5 Å². The minimum absolute atomic E-state index is 0.178. The van der Waals surface area contributed by atoms with Crippen molar-refractivity contribution in [2.24, 2.45) is 0 Å². The van der Waals surface area contributed by atoms with Crippen molar-refractivity contribution in [1.82, 2.24) is 0 Å². The zero-order chi connectivity index (χ0) is 17.9. The van der Waals surface area contributed by atoms with E-state index >= 15 is 0 Å². The molecule has 0 aliphatic heterocycles. The summed E-state index contributed by atoms with van der Waals surface area (Å²) in [6, 6.07) is 26.3. The van der Waals surface area contributed by atoms with Crippen molar-refractivity contribution >= 4 is 10.9 Å². The molecule has 0 atom stereocenters. The number of phenols is 1. The van der Waals surface area contributed by atoms with E-state index in [0.717, 1.165) is 4.90 Å². The lowest BCUT2D eigenvalue weighted by Gasteiger charge is -2.23. The average molecular weight is 351 g/mol. The van der Waals surface area contributed by atoms with Gasteiger partial charge in [0.1, 0.15) is 16.5 Å². The fourth-order valence-electron chi connectivity index (χ4n) is 2.58. The first-order valence-corrected chi connectivity index (χ1v) is 9.53. The van der Waals surface area contributed by atoms with Crippen LogP contribution in [0.2, 0.25) is 0 Å². The Balaban J connectivity index is 2.20. The van der Waals surface area contributed by atoms with Crippen molar-refractivity contribution in [1.29, 1.82) is 0 Å². The van der Waals surface area contributed by atoms with Crippen LogP contribution in [0.1, 0.15) is 20.8 Å². The van der Waals surface area contributed by atoms with Gasteiger partial charge in [-0.1, -0.05) is 42.5 Å². The summed E-state index contributed by atoms with van der Waals surface area (Å²) in [4.78, 5) is 3.38. The third-order valence-corrected chi connectivity index (χ3v) is 5.79. The van der Waals surface area contributed by atoms with Crippen LogP contribution in [0.5, 0.6) is 11.5 Å². The average Bonchev–Trinajstić information content (AvgIpc) is 2.59. The molecule has 128 valence electrons. The van der Waals surface area contributed by atoms with E-state index in [9.17, 15) is 5.11 Å². The van der Waals surface area contributed by atoms with Gasteiger partial charge in [0.25, 0.3) is 0 Å². The maximum absolute atomic E-state index is 10.5. The van der Waals surface area contributed by atoms with E-state index in [1.54, 1.807) is 6.07 Å². The van der Waals surface area contributed by atoms with E-state index in [1.165, 1.54) is 9.79 Å². The molecule has 3 aromatic carbocycles. The van der Waals surface area contributed by atoms with Crippen LogP contribution < -0.4 is 4.74 Å². The van der Waals surface area contributed by atoms with Crippen LogP contribution in [0, 0.1) is 0 Å². The predicted molar refractivity (Wildman–Crippen MR) is 104 cm³/mol. The van der Waals surface area contributed by atoms with Gasteiger partial charge in [-0.25, -0.2) is 0 Å². The molecule has 0 bridgehead atoms. The molecule has 0 aliphatic carbocycles. The van der Waals surface area contributed by atoms with E-state index in [4.69, 9.17) is 4.74 Å². The maximum atomic E-state index is 10.5. The summed E-state index contributed by atoms with van der Waals surface area (Å²) in [7, 11) is -0.356. The van der Waals surface area contributed by atoms with Gasteiger partial charge in [-0.15, -0.1) is 0 Å². The molecule has 3 heteroatoms. The van der Waals surface area contributed by atoms with Crippen LogP contribution in [0.4, 0.5) is 0 Å². The quantitative estimate of drug-likeness (QED) is 0.614. The van der Waals surface area contributed by atoms with E-state index in [1.807, 2.05) is 69.3 Å². The molecule has 0 unspecified atom stereocenters. The van der Waals surface area contributed by atoms with Crippen molar-refractivity contribution in [3.05, 3.63) is 78.9 Å². The number of rotatable bonds is 4. The molecule has 0 aliphatic rings. The first-order valence-electron chi connectivity index (χ1n) is 8.31. The third kappa shape index (κ3) is 4.18. The van der Waals surface area contributed by atoms with Gasteiger partial charge in [0.15, 0.2) is 15.5 Å². The van der Waals surface area contributed by atoms with Crippen molar-refractivity contribution < 1.29 is 9.84 Å². The Hall–Kier alpha value is -2.39. The smallest absolute Gasteiger partial charge is 0.218 e. The molecule has 0 spiro atoms. The first kappa shape index (κ1) is 17.4. The largest absolute Gasteiger partial charge is 0.504 e. The van der Waals surface area contributed by atoms with Crippen LogP contribution in [-0.4, -0.2) is 10.7 Å². The van der Waals surface area contributed by atoms with Crippen LogP contribution >= 0.6 is 0 Å². The molecule has 0 fully saturated rings. The Bertz CT molecular complexity index is 784. The highest BCUT2D eigenvalue weighted by atomic mass is 32.2. The minimum Gasteiger partial charge on any atom is -0.504 e. The van der Waals surface area contributed by atoms with Gasteiger partial charge in [0, 0.05) is 0 Å². The Morgan fingerprint density at radius 2 is 1.24 bits per heavy atom. The summed E-state index contributed by atoms with van der Waals surface area (Å²) in [5, 5.41) is 10.5. The third-order valence-electron chi connectivity index (χ3n) is 3.54. The minimum atomic E-state index is -0.393. The van der Waals surface area contributed by atoms with E-state index in [-0.39, 0.29) is 16.6 Å². The summed E-state index contributed by atoms with van der Waals surface area (Å²) >= 11 is 0. The topological polar surface area (TPSA) is 29.5 Å². The highest BCUT2D eigenvalue weighted by Gasteiger charge is 2.34. The monoisotopic (exact) mass is 351 g/mol. The van der Waals surface area contributed by atoms with Crippen LogP contribution in [0.3, 0.4) is 0 Å². The van der Waals surface area contributed by atoms with E-state index in [0.29, 0.717) is 5.75 Å². The number of aromatic hydroxyl groups is 1. The molecule has 3 aromatic rings. The Morgan fingerprint density at radius 3 is 1.72 bits per heavy atom. The number of para-hydroxylation sites is 1. The lowest BCUT2D eigenvalue weighted by Crippen LogP contribution is -2.24. The van der Waals surface area contributed by atoms with Gasteiger partial charge in [-0.05, 0) is 57.2 Å². The van der Waals surface area contributed by atoms with Crippen LogP contribution in [0.15, 0.2) is 93.5 Å². The number of benzene rings is 3. The number of hydrogen-bond donors (Lipinski definition) is 1. The fraction of sp³-hybridized carbons (Fsp3) is 0.182. The molecule has 0 heterocycles. The molecular formula is C22H23O2S+. The Labute approximate surface area is 152 Å². The lowest BCUT2D eigenvalue weighted by atomic mass is 10.2. The van der Waals surface area contributed by atoms with Gasteiger partial charge in [-0.3, -0.25) is 0 Å². The second kappa shape index (κ2) is 7.24. The fourth-order valence-corrected chi connectivity index (χ4v) is 4.76. The lowest BCUT2D eigenvalue weighted by molar-refractivity contribution is 0.121. The van der Waals surface area contributed by atoms with Crippen molar-refractivity contribution in [2.45, 2.75) is 41.1 Å². The van der Waals surface area contributed by atoms with Gasteiger partial charge in [0.2, 0.25) is 10.6 Å². The van der Waals surface area contributed by atoms with Gasteiger partial charge >= 0.3 is 0 Å². The summed E-state index contributed by atoms with van der Waals surface area (Å²) in [6.07, 6.45) is 0. The highest BCUT2D eigenvalue weighted by Crippen LogP contribution is 2.42. The molecule has 0 amide bonds. The van der Waals surface area contributed by atoms with E-state index in [2.05, 4.69) is 24.3 Å². The summed E-state index contributed by atoms with van der Waals surface area (Å²) in [5.74, 6) is 0.739.